The maximum absolute atomic E-state index is 11.9. The van der Waals surface area contributed by atoms with Crippen molar-refractivity contribution in [1.82, 2.24) is 9.38 Å². The summed E-state index contributed by atoms with van der Waals surface area (Å²) in [7, 11) is 0. The molecular formula is C13H11BrN2O3. The van der Waals surface area contributed by atoms with Crippen LogP contribution in [0.25, 0.3) is 5.65 Å². The van der Waals surface area contributed by atoms with E-state index in [0.29, 0.717) is 11.3 Å². The molecular weight excluding hydrogens is 312 g/mol. The van der Waals surface area contributed by atoms with E-state index in [2.05, 4.69) is 20.9 Å². The van der Waals surface area contributed by atoms with Gasteiger partial charge in [-0.2, -0.15) is 0 Å². The number of nitrogens with zero attached hydrogens (tertiary/aromatic N) is 2. The van der Waals surface area contributed by atoms with Crippen molar-refractivity contribution in [3.05, 3.63) is 44.9 Å². The number of ether oxygens (including phenoxy) is 1. The van der Waals surface area contributed by atoms with Crippen LogP contribution in [-0.4, -0.2) is 15.4 Å². The first-order chi connectivity index (χ1) is 9.13. The molecule has 0 atom stereocenters. The molecule has 1 saturated carbocycles. The molecule has 2 aromatic heterocycles. The Labute approximate surface area is 117 Å². The molecule has 1 aliphatic carbocycles. The second kappa shape index (κ2) is 4.77. The Balaban J connectivity index is 1.86. The monoisotopic (exact) mass is 322 g/mol. The molecule has 0 saturated heterocycles. The Morgan fingerprint density at radius 2 is 2.26 bits per heavy atom. The predicted molar refractivity (Wildman–Crippen MR) is 71.7 cm³/mol. The third-order valence-electron chi connectivity index (χ3n) is 2.95. The number of fused-ring (bicyclic) bond motifs is 1. The highest BCUT2D eigenvalue weighted by Gasteiger charge is 2.31. The van der Waals surface area contributed by atoms with Crippen molar-refractivity contribution in [2.75, 3.05) is 0 Å². The van der Waals surface area contributed by atoms with Crippen LogP contribution in [0.3, 0.4) is 0 Å². The van der Waals surface area contributed by atoms with Crippen LogP contribution in [0.2, 0.25) is 0 Å². The maximum atomic E-state index is 11.9. The highest BCUT2D eigenvalue weighted by molar-refractivity contribution is 9.10. The highest BCUT2D eigenvalue weighted by Crippen LogP contribution is 2.30. The van der Waals surface area contributed by atoms with Gasteiger partial charge in [-0.05, 0) is 40.9 Å². The third-order valence-corrected chi connectivity index (χ3v) is 3.42. The molecule has 98 valence electrons. The fourth-order valence-electron chi connectivity index (χ4n) is 1.78. The Kier molecular flexibility index (Phi) is 3.10. The number of carbonyl (C=O) groups is 1. The fraction of sp³-hybridized carbons (Fsp3) is 0.308. The lowest BCUT2D eigenvalue weighted by molar-refractivity contribution is -0.146. The summed E-state index contributed by atoms with van der Waals surface area (Å²) in [5, 5.41) is 0. The van der Waals surface area contributed by atoms with E-state index in [-0.39, 0.29) is 24.1 Å². The van der Waals surface area contributed by atoms with E-state index in [0.717, 1.165) is 17.3 Å². The van der Waals surface area contributed by atoms with Gasteiger partial charge >= 0.3 is 5.97 Å². The second-order valence-corrected chi connectivity index (χ2v) is 5.46. The van der Waals surface area contributed by atoms with E-state index in [4.69, 9.17) is 4.74 Å². The second-order valence-electron chi connectivity index (χ2n) is 4.54. The molecule has 0 unspecified atom stereocenters. The maximum Gasteiger partial charge on any atom is 0.309 e. The molecule has 19 heavy (non-hydrogen) atoms. The lowest BCUT2D eigenvalue weighted by Gasteiger charge is -2.05. The quantitative estimate of drug-likeness (QED) is 0.810. The van der Waals surface area contributed by atoms with Crippen LogP contribution in [0, 0.1) is 5.92 Å². The van der Waals surface area contributed by atoms with E-state index in [1.807, 2.05) is 6.07 Å². The van der Waals surface area contributed by atoms with E-state index in [9.17, 15) is 9.59 Å². The van der Waals surface area contributed by atoms with Gasteiger partial charge in [0.05, 0.1) is 11.6 Å². The van der Waals surface area contributed by atoms with Crippen molar-refractivity contribution in [3.8, 4) is 0 Å². The van der Waals surface area contributed by atoms with Crippen molar-refractivity contribution < 1.29 is 9.53 Å². The largest absolute Gasteiger partial charge is 0.459 e. The average molecular weight is 323 g/mol. The number of pyridine rings is 1. The summed E-state index contributed by atoms with van der Waals surface area (Å²) in [6, 6.07) is 4.93. The zero-order valence-corrected chi connectivity index (χ0v) is 11.6. The highest BCUT2D eigenvalue weighted by atomic mass is 79.9. The van der Waals surface area contributed by atoms with E-state index >= 15 is 0 Å². The van der Waals surface area contributed by atoms with Gasteiger partial charge in [0.25, 0.3) is 5.56 Å². The Hall–Kier alpha value is -1.69. The first-order valence-electron chi connectivity index (χ1n) is 5.98. The summed E-state index contributed by atoms with van der Waals surface area (Å²) in [5.41, 5.74) is 0.818. The van der Waals surface area contributed by atoms with Gasteiger partial charge in [0.1, 0.15) is 12.3 Å². The summed E-state index contributed by atoms with van der Waals surface area (Å²) in [6.07, 6.45) is 3.46. The molecule has 1 aliphatic rings. The summed E-state index contributed by atoms with van der Waals surface area (Å²) in [6.45, 7) is 0.0527. The number of carbonyl (C=O) groups excluding carboxylic acids is 1. The molecule has 0 bridgehead atoms. The predicted octanol–water partition coefficient (Wildman–Crippen LogP) is 1.91. The number of halogens is 1. The molecule has 0 spiro atoms. The SMILES string of the molecule is O=C(OCc1cc(=O)n2cc(Br)ccc2n1)C1CC1. The van der Waals surface area contributed by atoms with Crippen molar-refractivity contribution in [2.24, 2.45) is 5.92 Å². The molecule has 1 fully saturated rings. The van der Waals surface area contributed by atoms with Gasteiger partial charge in [0.2, 0.25) is 0 Å². The molecule has 2 aromatic rings. The lowest BCUT2D eigenvalue weighted by Crippen LogP contribution is -2.16. The number of hydrogen-bond acceptors (Lipinski definition) is 4. The molecule has 0 N–H and O–H groups in total. The molecule has 0 aliphatic heterocycles. The minimum absolute atomic E-state index is 0.0527. The van der Waals surface area contributed by atoms with Gasteiger partial charge in [0, 0.05) is 16.7 Å². The van der Waals surface area contributed by atoms with Gasteiger partial charge in [-0.1, -0.05) is 0 Å². The zero-order chi connectivity index (χ0) is 13.4. The summed E-state index contributed by atoms with van der Waals surface area (Å²) < 4.78 is 7.36. The van der Waals surface area contributed by atoms with Gasteiger partial charge in [-0.25, -0.2) is 4.98 Å². The topological polar surface area (TPSA) is 60.7 Å². The minimum Gasteiger partial charge on any atom is -0.459 e. The normalized spacial score (nSPS) is 14.6. The van der Waals surface area contributed by atoms with Crippen molar-refractivity contribution in [2.45, 2.75) is 19.4 Å². The van der Waals surface area contributed by atoms with Crippen LogP contribution < -0.4 is 5.56 Å². The molecule has 0 radical (unpaired) electrons. The molecule has 0 aromatic carbocycles. The van der Waals surface area contributed by atoms with Crippen LogP contribution in [0.15, 0.2) is 33.7 Å². The van der Waals surface area contributed by atoms with Crippen LogP contribution >= 0.6 is 15.9 Å². The third kappa shape index (κ3) is 2.68. The molecule has 3 rings (SSSR count). The zero-order valence-electron chi connectivity index (χ0n) is 10.0. The number of esters is 1. The Morgan fingerprint density at radius 1 is 1.47 bits per heavy atom. The number of aromatic nitrogens is 2. The van der Waals surface area contributed by atoms with Gasteiger partial charge < -0.3 is 4.74 Å². The lowest BCUT2D eigenvalue weighted by atomic mass is 10.4. The van der Waals surface area contributed by atoms with Crippen LogP contribution in [-0.2, 0) is 16.1 Å². The first-order valence-corrected chi connectivity index (χ1v) is 6.77. The molecule has 0 amide bonds. The Morgan fingerprint density at radius 3 is 3.00 bits per heavy atom. The van der Waals surface area contributed by atoms with Crippen LogP contribution in [0.4, 0.5) is 0 Å². The van der Waals surface area contributed by atoms with E-state index in [1.54, 1.807) is 12.3 Å². The number of hydrogen-bond donors (Lipinski definition) is 0. The standard InChI is InChI=1S/C13H11BrN2O3/c14-9-3-4-11-15-10(5-12(17)16(11)6-9)7-19-13(18)8-1-2-8/h3-6,8H,1-2,7H2. The van der Waals surface area contributed by atoms with E-state index in [1.165, 1.54) is 10.5 Å². The molecule has 2 heterocycles. The summed E-state index contributed by atoms with van der Waals surface area (Å²) in [5.74, 6) is -0.143. The van der Waals surface area contributed by atoms with Gasteiger partial charge in [-0.3, -0.25) is 14.0 Å². The number of rotatable bonds is 3. The van der Waals surface area contributed by atoms with Crippen molar-refractivity contribution in [3.63, 3.8) is 0 Å². The van der Waals surface area contributed by atoms with E-state index < -0.39 is 0 Å². The molecule has 5 nitrogen and oxygen atoms in total. The molecule has 6 heteroatoms. The van der Waals surface area contributed by atoms with Crippen LogP contribution in [0.5, 0.6) is 0 Å². The minimum atomic E-state index is -0.196. The summed E-state index contributed by atoms with van der Waals surface area (Å²) in [4.78, 5) is 27.6. The first kappa shape index (κ1) is 12.3. The van der Waals surface area contributed by atoms with Crippen molar-refractivity contribution in [1.29, 1.82) is 0 Å². The van der Waals surface area contributed by atoms with Gasteiger partial charge in [0.15, 0.2) is 0 Å². The average Bonchev–Trinajstić information content (AvgIpc) is 3.21. The smallest absolute Gasteiger partial charge is 0.309 e. The van der Waals surface area contributed by atoms with Crippen LogP contribution in [0.1, 0.15) is 18.5 Å². The Bertz CT molecular complexity index is 707. The fourth-order valence-corrected chi connectivity index (χ4v) is 2.12. The summed E-state index contributed by atoms with van der Waals surface area (Å²) >= 11 is 3.30. The van der Waals surface area contributed by atoms with Gasteiger partial charge in [-0.15, -0.1) is 0 Å². The van der Waals surface area contributed by atoms with Crippen molar-refractivity contribution >= 4 is 27.5 Å².